The zero-order valence-electron chi connectivity index (χ0n) is 20.2. The lowest BCUT2D eigenvalue weighted by atomic mass is 9.96. The van der Waals surface area contributed by atoms with E-state index in [1.54, 1.807) is 7.05 Å². The van der Waals surface area contributed by atoms with E-state index >= 15 is 0 Å². The van der Waals surface area contributed by atoms with Gasteiger partial charge in [-0.1, -0.05) is 30.3 Å². The van der Waals surface area contributed by atoms with Crippen molar-refractivity contribution in [2.75, 3.05) is 30.4 Å². The fourth-order valence-corrected chi connectivity index (χ4v) is 4.17. The van der Waals surface area contributed by atoms with E-state index < -0.39 is 29.4 Å². The molecule has 0 saturated carbocycles. The Morgan fingerprint density at radius 2 is 1.58 bits per heavy atom. The molecule has 202 valence electrons. The fraction of sp³-hybridized carbons (Fsp3) is 0.360. The standard InChI is InChI=1S/C25H24F6N6O/c1-32-22-34-20(15-6-8-18(9-7-15)24(26,27)28)35-23(36-22)37-12-10-16(11-13-37)21(38)33-14-17-4-2-3-5-19(17)25(29,30)31/h2-9,16H,10-14H2,1H3,(H,33,38)(H,32,34,35,36). The van der Waals surface area contributed by atoms with E-state index in [1.165, 1.54) is 30.3 Å². The average molecular weight is 538 g/mol. The zero-order chi connectivity index (χ0) is 27.5. The second kappa shape index (κ2) is 10.8. The molecule has 2 aromatic carbocycles. The number of carbonyl (C=O) groups excluding carboxylic acids is 1. The second-order valence-corrected chi connectivity index (χ2v) is 8.74. The number of amides is 1. The third-order valence-electron chi connectivity index (χ3n) is 6.24. The number of carbonyl (C=O) groups is 1. The molecule has 0 bridgehead atoms. The number of nitrogens with one attached hydrogen (secondary N) is 2. The predicted molar refractivity (Wildman–Crippen MR) is 128 cm³/mol. The van der Waals surface area contributed by atoms with Crippen molar-refractivity contribution < 1.29 is 31.1 Å². The van der Waals surface area contributed by atoms with Gasteiger partial charge in [0.25, 0.3) is 0 Å². The van der Waals surface area contributed by atoms with Crippen LogP contribution in [0.1, 0.15) is 29.5 Å². The summed E-state index contributed by atoms with van der Waals surface area (Å²) >= 11 is 0. The number of aromatic nitrogens is 3. The smallest absolute Gasteiger partial charge is 0.357 e. The molecule has 1 amide bonds. The summed E-state index contributed by atoms with van der Waals surface area (Å²) < 4.78 is 78.3. The van der Waals surface area contributed by atoms with Crippen molar-refractivity contribution in [1.82, 2.24) is 20.3 Å². The number of anilines is 2. The summed E-state index contributed by atoms with van der Waals surface area (Å²) in [4.78, 5) is 27.5. The van der Waals surface area contributed by atoms with Crippen molar-refractivity contribution in [2.24, 2.45) is 5.92 Å². The predicted octanol–water partition coefficient (Wildman–Crippen LogP) is 5.15. The quantitative estimate of drug-likeness (QED) is 0.423. The molecule has 0 spiro atoms. The molecular weight excluding hydrogens is 514 g/mol. The molecule has 0 unspecified atom stereocenters. The van der Waals surface area contributed by atoms with Crippen LogP contribution in [0.4, 0.5) is 38.2 Å². The molecule has 3 aromatic rings. The Bertz CT molecular complexity index is 1270. The molecule has 1 aliphatic rings. The molecule has 0 aliphatic carbocycles. The van der Waals surface area contributed by atoms with E-state index in [9.17, 15) is 31.1 Å². The normalized spacial score (nSPS) is 14.9. The summed E-state index contributed by atoms with van der Waals surface area (Å²) in [5, 5.41) is 5.42. The van der Waals surface area contributed by atoms with Gasteiger partial charge in [-0.05, 0) is 36.6 Å². The molecule has 2 heterocycles. The zero-order valence-corrected chi connectivity index (χ0v) is 20.2. The molecule has 1 fully saturated rings. The number of nitrogens with zero attached hydrogens (tertiary/aromatic N) is 4. The Balaban J connectivity index is 1.41. The summed E-state index contributed by atoms with van der Waals surface area (Å²) in [7, 11) is 1.60. The third-order valence-corrected chi connectivity index (χ3v) is 6.24. The van der Waals surface area contributed by atoms with Gasteiger partial charge in [0.2, 0.25) is 17.8 Å². The van der Waals surface area contributed by atoms with E-state index in [2.05, 4.69) is 25.6 Å². The van der Waals surface area contributed by atoms with Crippen molar-refractivity contribution in [1.29, 1.82) is 0 Å². The second-order valence-electron chi connectivity index (χ2n) is 8.74. The highest BCUT2D eigenvalue weighted by Crippen LogP contribution is 2.33. The maximum absolute atomic E-state index is 13.2. The minimum atomic E-state index is -4.51. The molecule has 38 heavy (non-hydrogen) atoms. The topological polar surface area (TPSA) is 83.0 Å². The number of piperidine rings is 1. The van der Waals surface area contributed by atoms with Gasteiger partial charge in [-0.2, -0.15) is 41.3 Å². The Labute approximate surface area is 214 Å². The van der Waals surface area contributed by atoms with E-state index in [0.29, 0.717) is 37.4 Å². The SMILES string of the molecule is CNc1nc(-c2ccc(C(F)(F)F)cc2)nc(N2CCC(C(=O)NCc3ccccc3C(F)(F)F)CC2)n1. The van der Waals surface area contributed by atoms with Crippen LogP contribution >= 0.6 is 0 Å². The van der Waals surface area contributed by atoms with Crippen LogP contribution in [0.25, 0.3) is 11.4 Å². The molecular formula is C25H24F6N6O. The molecule has 1 aliphatic heterocycles. The van der Waals surface area contributed by atoms with Gasteiger partial charge >= 0.3 is 12.4 Å². The minimum Gasteiger partial charge on any atom is -0.357 e. The maximum Gasteiger partial charge on any atom is 0.416 e. The fourth-order valence-electron chi connectivity index (χ4n) is 4.17. The summed E-state index contributed by atoms with van der Waals surface area (Å²) in [6.45, 7) is 0.567. The number of hydrogen-bond acceptors (Lipinski definition) is 6. The Hall–Kier alpha value is -3.90. The highest BCUT2D eigenvalue weighted by molar-refractivity contribution is 5.79. The van der Waals surface area contributed by atoms with Gasteiger partial charge in [0, 0.05) is 38.2 Å². The number of benzene rings is 2. The summed E-state index contributed by atoms with van der Waals surface area (Å²) in [6.07, 6.45) is -8.13. The summed E-state index contributed by atoms with van der Waals surface area (Å²) in [5.74, 6) is -0.00972. The van der Waals surface area contributed by atoms with Crippen molar-refractivity contribution in [3.63, 3.8) is 0 Å². The van der Waals surface area contributed by atoms with E-state index in [4.69, 9.17) is 0 Å². The largest absolute Gasteiger partial charge is 0.416 e. The first-order valence-corrected chi connectivity index (χ1v) is 11.7. The maximum atomic E-state index is 13.2. The van der Waals surface area contributed by atoms with Gasteiger partial charge in [0.1, 0.15) is 0 Å². The number of rotatable bonds is 6. The molecule has 7 nitrogen and oxygen atoms in total. The molecule has 0 radical (unpaired) electrons. The van der Waals surface area contributed by atoms with Gasteiger partial charge in [-0.15, -0.1) is 0 Å². The van der Waals surface area contributed by atoms with Crippen LogP contribution < -0.4 is 15.5 Å². The number of alkyl halides is 6. The highest BCUT2D eigenvalue weighted by atomic mass is 19.4. The first-order valence-electron chi connectivity index (χ1n) is 11.7. The Morgan fingerprint density at radius 3 is 2.18 bits per heavy atom. The average Bonchev–Trinajstić information content (AvgIpc) is 2.90. The van der Waals surface area contributed by atoms with E-state index in [1.807, 2.05) is 4.90 Å². The first-order chi connectivity index (χ1) is 18.0. The summed E-state index contributed by atoms with van der Waals surface area (Å²) in [5.41, 5.74) is -1.20. The lowest BCUT2D eigenvalue weighted by molar-refractivity contribution is -0.139. The monoisotopic (exact) mass is 538 g/mol. The minimum absolute atomic E-state index is 0.00800. The van der Waals surface area contributed by atoms with Crippen LogP contribution in [-0.4, -0.2) is 41.0 Å². The van der Waals surface area contributed by atoms with Crippen molar-refractivity contribution in [2.45, 2.75) is 31.7 Å². The Morgan fingerprint density at radius 1 is 0.921 bits per heavy atom. The first kappa shape index (κ1) is 27.1. The van der Waals surface area contributed by atoms with Gasteiger partial charge < -0.3 is 15.5 Å². The van der Waals surface area contributed by atoms with Gasteiger partial charge in [0.05, 0.1) is 11.1 Å². The van der Waals surface area contributed by atoms with Crippen LogP contribution in [-0.2, 0) is 23.7 Å². The number of halogens is 6. The van der Waals surface area contributed by atoms with Crippen LogP contribution in [0, 0.1) is 5.92 Å². The van der Waals surface area contributed by atoms with E-state index in [-0.39, 0.29) is 29.8 Å². The lowest BCUT2D eigenvalue weighted by Crippen LogP contribution is -2.41. The van der Waals surface area contributed by atoms with Gasteiger partial charge in [-0.3, -0.25) is 4.79 Å². The van der Waals surface area contributed by atoms with Crippen LogP contribution in [0.15, 0.2) is 48.5 Å². The molecule has 4 rings (SSSR count). The number of hydrogen-bond donors (Lipinski definition) is 2. The summed E-state index contributed by atoms with van der Waals surface area (Å²) in [6, 6.07) is 9.58. The molecule has 1 aromatic heterocycles. The molecule has 13 heteroatoms. The molecule has 1 saturated heterocycles. The Kier molecular flexibility index (Phi) is 7.74. The van der Waals surface area contributed by atoms with Crippen molar-refractivity contribution in [3.05, 3.63) is 65.2 Å². The van der Waals surface area contributed by atoms with E-state index in [0.717, 1.165) is 18.2 Å². The van der Waals surface area contributed by atoms with Crippen molar-refractivity contribution in [3.8, 4) is 11.4 Å². The molecule has 0 atom stereocenters. The lowest BCUT2D eigenvalue weighted by Gasteiger charge is -2.31. The van der Waals surface area contributed by atoms with Gasteiger partial charge in [-0.25, -0.2) is 0 Å². The van der Waals surface area contributed by atoms with Crippen molar-refractivity contribution >= 4 is 17.8 Å². The third kappa shape index (κ3) is 6.32. The van der Waals surface area contributed by atoms with Crippen LogP contribution in [0.2, 0.25) is 0 Å². The highest BCUT2D eigenvalue weighted by Gasteiger charge is 2.33. The molecule has 2 N–H and O–H groups in total. The van der Waals surface area contributed by atoms with Crippen LogP contribution in [0.5, 0.6) is 0 Å². The van der Waals surface area contributed by atoms with Gasteiger partial charge in [0.15, 0.2) is 5.82 Å². The van der Waals surface area contributed by atoms with Crippen LogP contribution in [0.3, 0.4) is 0 Å².